The van der Waals surface area contributed by atoms with Crippen molar-refractivity contribution in [3.63, 3.8) is 0 Å². The van der Waals surface area contributed by atoms with E-state index in [9.17, 15) is 9.59 Å². The van der Waals surface area contributed by atoms with Crippen molar-refractivity contribution >= 4 is 39.3 Å². The van der Waals surface area contributed by atoms with Crippen LogP contribution in [0.5, 0.6) is 5.75 Å². The number of likely N-dealkylation sites (tertiary alicyclic amines) is 1. The van der Waals surface area contributed by atoms with Crippen LogP contribution in [0.3, 0.4) is 0 Å². The largest absolute Gasteiger partial charge is 0.483 e. The number of carbonyl (C=O) groups excluding carboxylic acids is 2. The molecule has 1 heterocycles. The van der Waals surface area contributed by atoms with Gasteiger partial charge in [-0.1, -0.05) is 11.6 Å². The molecule has 5 nitrogen and oxygen atoms in total. The van der Waals surface area contributed by atoms with Crippen molar-refractivity contribution in [1.82, 2.24) is 10.2 Å². The van der Waals surface area contributed by atoms with Crippen molar-refractivity contribution in [2.24, 2.45) is 5.92 Å². The highest BCUT2D eigenvalue weighted by molar-refractivity contribution is 9.10. The third-order valence-electron chi connectivity index (χ3n) is 3.71. The Morgan fingerprint density at radius 3 is 2.68 bits per heavy atom. The zero-order valence-corrected chi connectivity index (χ0v) is 14.6. The first-order valence-corrected chi connectivity index (χ1v) is 8.25. The van der Waals surface area contributed by atoms with Crippen LogP contribution in [-0.2, 0) is 9.59 Å². The smallest absolute Gasteiger partial charge is 0.260 e. The molecule has 0 radical (unpaired) electrons. The number of ether oxygens (including phenoxy) is 1. The zero-order valence-electron chi connectivity index (χ0n) is 12.3. The molecule has 0 aliphatic carbocycles. The fourth-order valence-corrected chi connectivity index (χ4v) is 3.22. The summed E-state index contributed by atoms with van der Waals surface area (Å²) < 4.78 is 6.24. The van der Waals surface area contributed by atoms with Crippen LogP contribution in [0.25, 0.3) is 0 Å². The van der Waals surface area contributed by atoms with Crippen LogP contribution in [0.1, 0.15) is 12.8 Å². The first-order chi connectivity index (χ1) is 10.5. The number of hydrogen-bond donors (Lipinski definition) is 1. The fraction of sp³-hybridized carbons (Fsp3) is 0.467. The second-order valence-electron chi connectivity index (χ2n) is 5.13. The van der Waals surface area contributed by atoms with Gasteiger partial charge in [-0.25, -0.2) is 0 Å². The molecule has 120 valence electrons. The van der Waals surface area contributed by atoms with Crippen LogP contribution in [0.4, 0.5) is 0 Å². The highest BCUT2D eigenvalue weighted by atomic mass is 79.9. The van der Waals surface area contributed by atoms with E-state index in [-0.39, 0.29) is 24.3 Å². The highest BCUT2D eigenvalue weighted by Gasteiger charge is 2.26. The Balaban J connectivity index is 1.82. The molecule has 0 unspecified atom stereocenters. The summed E-state index contributed by atoms with van der Waals surface area (Å²) in [7, 11) is 1.64. The minimum absolute atomic E-state index is 0.000350. The van der Waals surface area contributed by atoms with Crippen molar-refractivity contribution in [1.29, 1.82) is 0 Å². The SMILES string of the molecule is CNC(=O)C1CCN(C(=O)COc2ccc(Cl)cc2Br)CC1. The lowest BCUT2D eigenvalue weighted by Crippen LogP contribution is -2.44. The van der Waals surface area contributed by atoms with Crippen LogP contribution >= 0.6 is 27.5 Å². The standard InChI is InChI=1S/C15H18BrClN2O3/c1-18-15(21)10-4-6-19(7-5-10)14(20)9-22-13-3-2-11(17)8-12(13)16/h2-3,8,10H,4-7,9H2,1H3,(H,18,21). The third-order valence-corrected chi connectivity index (χ3v) is 4.56. The van der Waals surface area contributed by atoms with Crippen LogP contribution in [0.2, 0.25) is 5.02 Å². The van der Waals surface area contributed by atoms with Gasteiger partial charge in [-0.15, -0.1) is 0 Å². The molecule has 0 spiro atoms. The molecule has 1 aromatic carbocycles. The molecule has 1 aliphatic heterocycles. The zero-order chi connectivity index (χ0) is 16.1. The lowest BCUT2D eigenvalue weighted by atomic mass is 9.96. The maximum atomic E-state index is 12.2. The van der Waals surface area contributed by atoms with Crippen molar-refractivity contribution in [3.8, 4) is 5.75 Å². The van der Waals surface area contributed by atoms with Gasteiger partial charge in [0.1, 0.15) is 5.75 Å². The number of halogens is 2. The molecule has 22 heavy (non-hydrogen) atoms. The first-order valence-electron chi connectivity index (χ1n) is 7.08. The molecule has 1 fully saturated rings. The maximum Gasteiger partial charge on any atom is 0.260 e. The number of amides is 2. The molecule has 1 aromatic rings. The number of carbonyl (C=O) groups is 2. The molecule has 0 bridgehead atoms. The van der Waals surface area contributed by atoms with Gasteiger partial charge in [0.2, 0.25) is 5.91 Å². The summed E-state index contributed by atoms with van der Waals surface area (Å²) in [6, 6.07) is 5.15. The summed E-state index contributed by atoms with van der Waals surface area (Å²) in [6.07, 6.45) is 1.38. The van der Waals surface area contributed by atoms with E-state index in [4.69, 9.17) is 16.3 Å². The Bertz CT molecular complexity index is 560. The quantitative estimate of drug-likeness (QED) is 0.860. The normalized spacial score (nSPS) is 15.5. The average Bonchev–Trinajstić information content (AvgIpc) is 2.53. The Hall–Kier alpha value is -1.27. The van der Waals surface area contributed by atoms with Crippen LogP contribution in [0.15, 0.2) is 22.7 Å². The lowest BCUT2D eigenvalue weighted by molar-refractivity contribution is -0.137. The number of rotatable bonds is 4. The van der Waals surface area contributed by atoms with Crippen molar-refractivity contribution < 1.29 is 14.3 Å². The summed E-state index contributed by atoms with van der Waals surface area (Å²) in [5, 5.41) is 3.25. The minimum atomic E-state index is -0.0720. The Labute approximate surface area is 143 Å². The molecule has 2 rings (SSSR count). The Kier molecular flexibility index (Phi) is 6.08. The summed E-state index contributed by atoms with van der Waals surface area (Å²) in [6.45, 7) is 1.15. The molecule has 0 saturated carbocycles. The first kappa shape index (κ1) is 17.1. The van der Waals surface area contributed by atoms with Crippen molar-refractivity contribution in [2.75, 3.05) is 26.7 Å². The van der Waals surface area contributed by atoms with Crippen molar-refractivity contribution in [3.05, 3.63) is 27.7 Å². The molecule has 0 atom stereocenters. The van der Waals surface area contributed by atoms with Crippen LogP contribution in [0, 0.1) is 5.92 Å². The van der Waals surface area contributed by atoms with E-state index >= 15 is 0 Å². The van der Waals surface area contributed by atoms with Gasteiger partial charge < -0.3 is 15.0 Å². The van der Waals surface area contributed by atoms with E-state index in [1.54, 1.807) is 30.1 Å². The van der Waals surface area contributed by atoms with E-state index in [1.165, 1.54) is 0 Å². The number of benzene rings is 1. The van der Waals surface area contributed by atoms with Crippen molar-refractivity contribution in [2.45, 2.75) is 12.8 Å². The van der Waals surface area contributed by atoms with Gasteiger partial charge in [-0.3, -0.25) is 9.59 Å². The maximum absolute atomic E-state index is 12.2. The number of nitrogens with zero attached hydrogens (tertiary/aromatic N) is 1. The predicted octanol–water partition coefficient (Wildman–Crippen LogP) is 2.47. The molecule has 1 saturated heterocycles. The molecule has 1 N–H and O–H groups in total. The highest BCUT2D eigenvalue weighted by Crippen LogP contribution is 2.28. The second-order valence-corrected chi connectivity index (χ2v) is 6.42. The van der Waals surface area contributed by atoms with E-state index in [1.807, 2.05) is 0 Å². The molecular formula is C15H18BrClN2O3. The molecular weight excluding hydrogens is 372 g/mol. The summed E-state index contributed by atoms with van der Waals surface area (Å²) in [5.74, 6) is 0.559. The van der Waals surface area contributed by atoms with E-state index in [0.717, 1.165) is 0 Å². The molecule has 1 aliphatic rings. The summed E-state index contributed by atoms with van der Waals surface area (Å²) in [5.41, 5.74) is 0. The Morgan fingerprint density at radius 1 is 1.41 bits per heavy atom. The third kappa shape index (κ3) is 4.36. The van der Waals surface area contributed by atoms with Gasteiger partial charge in [0, 0.05) is 31.1 Å². The predicted molar refractivity (Wildman–Crippen MR) is 88.0 cm³/mol. The number of piperidine rings is 1. The molecule has 0 aromatic heterocycles. The van der Waals surface area contributed by atoms with Gasteiger partial charge in [-0.05, 0) is 47.0 Å². The van der Waals surface area contributed by atoms with Gasteiger partial charge in [0.25, 0.3) is 5.91 Å². The Morgan fingerprint density at radius 2 is 2.09 bits per heavy atom. The van der Waals surface area contributed by atoms with E-state index in [0.29, 0.717) is 41.2 Å². The van der Waals surface area contributed by atoms with Gasteiger partial charge in [0.05, 0.1) is 4.47 Å². The van der Waals surface area contributed by atoms with E-state index in [2.05, 4.69) is 21.2 Å². The number of hydrogen-bond acceptors (Lipinski definition) is 3. The van der Waals surface area contributed by atoms with Crippen LogP contribution < -0.4 is 10.1 Å². The van der Waals surface area contributed by atoms with Gasteiger partial charge >= 0.3 is 0 Å². The summed E-state index contributed by atoms with van der Waals surface area (Å²) >= 11 is 9.21. The lowest BCUT2D eigenvalue weighted by Gasteiger charge is -2.31. The average molecular weight is 390 g/mol. The molecule has 2 amide bonds. The van der Waals surface area contributed by atoms with Crippen LogP contribution in [-0.4, -0.2) is 43.5 Å². The topological polar surface area (TPSA) is 58.6 Å². The number of nitrogens with one attached hydrogen (secondary N) is 1. The fourth-order valence-electron chi connectivity index (χ4n) is 2.42. The van der Waals surface area contributed by atoms with Gasteiger partial charge in [-0.2, -0.15) is 0 Å². The minimum Gasteiger partial charge on any atom is -0.483 e. The summed E-state index contributed by atoms with van der Waals surface area (Å²) in [4.78, 5) is 25.5. The van der Waals surface area contributed by atoms with E-state index < -0.39 is 0 Å². The second kappa shape index (κ2) is 7.83. The molecule has 7 heteroatoms. The van der Waals surface area contributed by atoms with Gasteiger partial charge in [0.15, 0.2) is 6.61 Å². The monoisotopic (exact) mass is 388 g/mol.